The molecular weight excluding hydrogens is 195 g/mol. The van der Waals surface area contributed by atoms with E-state index in [2.05, 4.69) is 0 Å². The Hall–Kier alpha value is -1.38. The van der Waals surface area contributed by atoms with Crippen molar-refractivity contribution in [1.29, 1.82) is 0 Å². The lowest BCUT2D eigenvalue weighted by Crippen LogP contribution is -2.25. The number of rotatable bonds is 2. The van der Waals surface area contributed by atoms with Gasteiger partial charge < -0.3 is 4.74 Å². The molecule has 0 aliphatic heterocycles. The Labute approximate surface area is 88.1 Å². The summed E-state index contributed by atoms with van der Waals surface area (Å²) in [7, 11) is 0. The van der Waals surface area contributed by atoms with Gasteiger partial charge in [-0.1, -0.05) is 6.07 Å². The smallest absolute Gasteiger partial charge is 0.341 e. The highest BCUT2D eigenvalue weighted by Crippen LogP contribution is 2.23. The summed E-state index contributed by atoms with van der Waals surface area (Å²) in [4.78, 5) is 11.5. The zero-order chi connectivity index (χ0) is 10.8. The zero-order valence-electron chi connectivity index (χ0n) is 8.63. The zero-order valence-corrected chi connectivity index (χ0v) is 8.63. The van der Waals surface area contributed by atoms with Crippen LogP contribution in [0.5, 0.6) is 0 Å². The molecule has 2 nitrogen and oxygen atoms in total. The normalized spacial score (nSPS) is 15.9. The molecule has 15 heavy (non-hydrogen) atoms. The lowest BCUT2D eigenvalue weighted by atomic mass is 9.96. The van der Waals surface area contributed by atoms with Crippen LogP contribution >= 0.6 is 0 Å². The van der Waals surface area contributed by atoms with Gasteiger partial charge in [-0.25, -0.2) is 9.18 Å². The highest BCUT2D eigenvalue weighted by atomic mass is 19.1. The molecule has 0 heterocycles. The van der Waals surface area contributed by atoms with Gasteiger partial charge in [-0.15, -0.1) is 0 Å². The van der Waals surface area contributed by atoms with Crippen molar-refractivity contribution in [1.82, 2.24) is 0 Å². The average molecular weight is 208 g/mol. The highest BCUT2D eigenvalue weighted by Gasteiger charge is 2.23. The number of carbonyl (C=O) groups excluding carboxylic acids is 1. The number of esters is 1. The van der Waals surface area contributed by atoms with E-state index in [9.17, 15) is 9.18 Å². The Morgan fingerprint density at radius 3 is 2.73 bits per heavy atom. The predicted molar refractivity (Wildman–Crippen MR) is 54.2 cm³/mol. The molecule has 0 spiro atoms. The molecule has 2 rings (SSSR count). The van der Waals surface area contributed by atoms with Crippen LogP contribution in [-0.4, -0.2) is 12.1 Å². The van der Waals surface area contributed by atoms with E-state index in [0.29, 0.717) is 0 Å². The molecule has 0 N–H and O–H groups in total. The molecule has 0 radical (unpaired) electrons. The van der Waals surface area contributed by atoms with Crippen molar-refractivity contribution < 1.29 is 13.9 Å². The summed E-state index contributed by atoms with van der Waals surface area (Å²) in [6, 6.07) is 4.53. The molecule has 1 aromatic rings. The first kappa shape index (κ1) is 10.1. The summed E-state index contributed by atoms with van der Waals surface area (Å²) in [5.41, 5.74) is 0.834. The fourth-order valence-electron chi connectivity index (χ4n) is 1.49. The maximum absolute atomic E-state index is 13.4. The number of aryl methyl sites for hydroxylation is 1. The summed E-state index contributed by atoms with van der Waals surface area (Å²) < 4.78 is 18.5. The fourth-order valence-corrected chi connectivity index (χ4v) is 1.49. The molecule has 1 aliphatic rings. The number of benzene rings is 1. The summed E-state index contributed by atoms with van der Waals surface area (Å²) in [5, 5.41) is 0. The molecule has 0 saturated heterocycles. The maximum Gasteiger partial charge on any atom is 0.341 e. The fraction of sp³-hybridized carbons (Fsp3) is 0.417. The minimum Gasteiger partial charge on any atom is -0.459 e. The van der Waals surface area contributed by atoms with Crippen molar-refractivity contribution in [2.24, 2.45) is 0 Å². The van der Waals surface area contributed by atoms with Crippen LogP contribution in [0.3, 0.4) is 0 Å². The summed E-state index contributed by atoms with van der Waals surface area (Å²) in [6.45, 7) is 1.78. The Kier molecular flexibility index (Phi) is 2.71. The van der Waals surface area contributed by atoms with E-state index in [1.54, 1.807) is 13.0 Å². The molecular formula is C12H13FO2. The van der Waals surface area contributed by atoms with Crippen LogP contribution in [0.4, 0.5) is 4.39 Å². The van der Waals surface area contributed by atoms with Crippen LogP contribution in [0.25, 0.3) is 0 Å². The minimum absolute atomic E-state index is 0.00166. The molecule has 0 amide bonds. The maximum atomic E-state index is 13.4. The first-order chi connectivity index (χ1) is 7.16. The molecule has 80 valence electrons. The van der Waals surface area contributed by atoms with E-state index >= 15 is 0 Å². The molecule has 3 heteroatoms. The van der Waals surface area contributed by atoms with Crippen LogP contribution in [0, 0.1) is 12.7 Å². The standard InChI is InChI=1S/C12H13FO2/c1-8-5-6-10(11(13)7-8)12(14)15-9-3-2-4-9/h5-7,9H,2-4H2,1H3. The van der Waals surface area contributed by atoms with Gasteiger partial charge in [0.15, 0.2) is 0 Å². The molecule has 1 aliphatic carbocycles. The van der Waals surface area contributed by atoms with Gasteiger partial charge in [0.05, 0.1) is 5.56 Å². The molecule has 0 bridgehead atoms. The lowest BCUT2D eigenvalue weighted by Gasteiger charge is -2.25. The number of halogens is 1. The average Bonchev–Trinajstić information content (AvgIpc) is 2.11. The van der Waals surface area contributed by atoms with Crippen LogP contribution in [0.2, 0.25) is 0 Å². The highest BCUT2D eigenvalue weighted by molar-refractivity contribution is 5.89. The second-order valence-electron chi connectivity index (χ2n) is 3.94. The van der Waals surface area contributed by atoms with Gasteiger partial charge in [0.1, 0.15) is 11.9 Å². The topological polar surface area (TPSA) is 26.3 Å². The number of hydrogen-bond donors (Lipinski definition) is 0. The number of carbonyl (C=O) groups is 1. The van der Waals surface area contributed by atoms with Crippen LogP contribution in [0.15, 0.2) is 18.2 Å². The molecule has 0 unspecified atom stereocenters. The molecule has 1 aromatic carbocycles. The van der Waals surface area contributed by atoms with Crippen molar-refractivity contribution in [3.8, 4) is 0 Å². The van der Waals surface area contributed by atoms with Crippen molar-refractivity contribution in [2.75, 3.05) is 0 Å². The monoisotopic (exact) mass is 208 g/mol. The first-order valence-electron chi connectivity index (χ1n) is 5.14. The Bertz CT molecular complexity index is 383. The van der Waals surface area contributed by atoms with E-state index in [1.165, 1.54) is 12.1 Å². The van der Waals surface area contributed by atoms with E-state index < -0.39 is 11.8 Å². The quantitative estimate of drug-likeness (QED) is 0.698. The van der Waals surface area contributed by atoms with E-state index in [0.717, 1.165) is 24.8 Å². The van der Waals surface area contributed by atoms with Crippen molar-refractivity contribution in [2.45, 2.75) is 32.3 Å². The summed E-state index contributed by atoms with van der Waals surface area (Å²) in [6.07, 6.45) is 2.89. The number of ether oxygens (including phenoxy) is 1. The molecule has 0 aromatic heterocycles. The Morgan fingerprint density at radius 1 is 1.47 bits per heavy atom. The van der Waals surface area contributed by atoms with E-state index in [1.807, 2.05) is 0 Å². The summed E-state index contributed by atoms with van der Waals surface area (Å²) >= 11 is 0. The van der Waals surface area contributed by atoms with Gasteiger partial charge in [0.25, 0.3) is 0 Å². The van der Waals surface area contributed by atoms with Crippen LogP contribution < -0.4 is 0 Å². The largest absolute Gasteiger partial charge is 0.459 e. The molecule has 1 saturated carbocycles. The summed E-state index contributed by atoms with van der Waals surface area (Å²) in [5.74, 6) is -1.04. The van der Waals surface area contributed by atoms with Gasteiger partial charge in [0, 0.05) is 0 Å². The van der Waals surface area contributed by atoms with Gasteiger partial charge in [-0.2, -0.15) is 0 Å². The predicted octanol–water partition coefficient (Wildman–Crippen LogP) is 2.84. The number of hydrogen-bond acceptors (Lipinski definition) is 2. The van der Waals surface area contributed by atoms with Gasteiger partial charge in [-0.3, -0.25) is 0 Å². The van der Waals surface area contributed by atoms with Crippen LogP contribution in [-0.2, 0) is 4.74 Å². The van der Waals surface area contributed by atoms with Crippen molar-refractivity contribution >= 4 is 5.97 Å². The third kappa shape index (κ3) is 2.17. The first-order valence-corrected chi connectivity index (χ1v) is 5.14. The van der Waals surface area contributed by atoms with E-state index in [4.69, 9.17) is 4.74 Å². The van der Waals surface area contributed by atoms with Gasteiger partial charge in [0.2, 0.25) is 0 Å². The third-order valence-corrected chi connectivity index (χ3v) is 2.67. The lowest BCUT2D eigenvalue weighted by molar-refractivity contribution is 0.00854. The van der Waals surface area contributed by atoms with Gasteiger partial charge in [-0.05, 0) is 43.9 Å². The second kappa shape index (κ2) is 4.01. The molecule has 1 fully saturated rings. The van der Waals surface area contributed by atoms with Crippen LogP contribution in [0.1, 0.15) is 35.2 Å². The Balaban J connectivity index is 2.10. The SMILES string of the molecule is Cc1ccc(C(=O)OC2CCC2)c(F)c1. The minimum atomic E-state index is -0.544. The van der Waals surface area contributed by atoms with Crippen molar-refractivity contribution in [3.05, 3.63) is 35.1 Å². The molecule has 0 atom stereocenters. The van der Waals surface area contributed by atoms with E-state index in [-0.39, 0.29) is 11.7 Å². The Morgan fingerprint density at radius 2 is 2.20 bits per heavy atom. The second-order valence-corrected chi connectivity index (χ2v) is 3.94. The van der Waals surface area contributed by atoms with Crippen molar-refractivity contribution in [3.63, 3.8) is 0 Å². The third-order valence-electron chi connectivity index (χ3n) is 2.67. The van der Waals surface area contributed by atoms with Gasteiger partial charge >= 0.3 is 5.97 Å².